The fraction of sp³-hybridized carbons (Fsp3) is 0.417. The van der Waals surface area contributed by atoms with Crippen LogP contribution < -0.4 is 10.2 Å². The average molecular weight is 284 g/mol. The van der Waals surface area contributed by atoms with Gasteiger partial charge in [0.1, 0.15) is 10.7 Å². The first-order chi connectivity index (χ1) is 8.99. The number of anilines is 1. The van der Waals surface area contributed by atoms with E-state index in [9.17, 15) is 14.9 Å². The largest absolute Gasteiger partial charge is 0.360 e. The molecule has 0 unspecified atom stereocenters. The monoisotopic (exact) mass is 283 g/mol. The van der Waals surface area contributed by atoms with Crippen LogP contribution in [0.1, 0.15) is 12.8 Å². The lowest BCUT2D eigenvalue weighted by Crippen LogP contribution is -2.36. The average Bonchev–Trinajstić information content (AvgIpc) is 3.11. The van der Waals surface area contributed by atoms with E-state index in [4.69, 9.17) is 11.6 Å². The Labute approximate surface area is 115 Å². The summed E-state index contributed by atoms with van der Waals surface area (Å²) in [5.41, 5.74) is 0.161. The summed E-state index contributed by atoms with van der Waals surface area (Å²) in [5, 5.41) is 13.9. The van der Waals surface area contributed by atoms with Crippen molar-refractivity contribution in [2.24, 2.45) is 0 Å². The minimum absolute atomic E-state index is 0.0666. The van der Waals surface area contributed by atoms with Crippen molar-refractivity contribution >= 4 is 28.9 Å². The Morgan fingerprint density at radius 3 is 2.84 bits per heavy atom. The van der Waals surface area contributed by atoms with Crippen molar-refractivity contribution in [3.05, 3.63) is 33.3 Å². The molecular formula is C12H14ClN3O3. The molecule has 1 saturated carbocycles. The van der Waals surface area contributed by atoms with Crippen LogP contribution in [0.3, 0.4) is 0 Å². The predicted octanol–water partition coefficient (Wildman–Crippen LogP) is 1.96. The van der Waals surface area contributed by atoms with Gasteiger partial charge in [-0.1, -0.05) is 17.7 Å². The van der Waals surface area contributed by atoms with Crippen LogP contribution in [-0.4, -0.2) is 30.5 Å². The van der Waals surface area contributed by atoms with Crippen LogP contribution in [0.15, 0.2) is 18.2 Å². The standard InChI is InChI=1S/C12H14ClN3O3/c1-15(7-11(17)14-8-5-6-8)10-4-2-3-9(13)12(10)16(18)19/h2-4,8H,5-7H2,1H3,(H,14,17). The third-order valence-electron chi connectivity index (χ3n) is 2.88. The van der Waals surface area contributed by atoms with Crippen molar-refractivity contribution in [3.63, 3.8) is 0 Å². The van der Waals surface area contributed by atoms with E-state index in [2.05, 4.69) is 5.32 Å². The lowest BCUT2D eigenvalue weighted by Gasteiger charge is -2.18. The lowest BCUT2D eigenvalue weighted by molar-refractivity contribution is -0.384. The molecule has 0 aliphatic heterocycles. The Morgan fingerprint density at radius 2 is 2.26 bits per heavy atom. The first kappa shape index (κ1) is 13.6. The highest BCUT2D eigenvalue weighted by Gasteiger charge is 2.25. The smallest absolute Gasteiger partial charge is 0.310 e. The van der Waals surface area contributed by atoms with Gasteiger partial charge >= 0.3 is 5.69 Å². The quantitative estimate of drug-likeness (QED) is 0.662. The molecule has 0 atom stereocenters. The van der Waals surface area contributed by atoms with Crippen LogP contribution in [0.4, 0.5) is 11.4 Å². The van der Waals surface area contributed by atoms with Gasteiger partial charge < -0.3 is 10.2 Å². The maximum Gasteiger partial charge on any atom is 0.310 e. The maximum absolute atomic E-state index is 11.7. The van der Waals surface area contributed by atoms with Crippen LogP contribution in [0.2, 0.25) is 5.02 Å². The molecule has 0 heterocycles. The summed E-state index contributed by atoms with van der Waals surface area (Å²) in [4.78, 5) is 23.7. The maximum atomic E-state index is 11.7. The van der Waals surface area contributed by atoms with Gasteiger partial charge in [0.05, 0.1) is 11.5 Å². The van der Waals surface area contributed by atoms with Crippen molar-refractivity contribution < 1.29 is 9.72 Å². The molecule has 0 aromatic heterocycles. The molecule has 6 nitrogen and oxygen atoms in total. The molecule has 2 rings (SSSR count). The molecule has 1 aromatic carbocycles. The second-order valence-electron chi connectivity index (χ2n) is 4.56. The van der Waals surface area contributed by atoms with Gasteiger partial charge in [-0.3, -0.25) is 14.9 Å². The molecular weight excluding hydrogens is 270 g/mol. The molecule has 1 fully saturated rings. The fourth-order valence-electron chi connectivity index (χ4n) is 1.79. The third-order valence-corrected chi connectivity index (χ3v) is 3.19. The SMILES string of the molecule is CN(CC(=O)NC1CC1)c1cccc(Cl)c1[N+](=O)[O-]. The molecule has 1 amide bonds. The van der Waals surface area contributed by atoms with Gasteiger partial charge in [0.2, 0.25) is 5.91 Å². The number of amides is 1. The van der Waals surface area contributed by atoms with E-state index in [1.165, 1.54) is 11.0 Å². The van der Waals surface area contributed by atoms with Crippen molar-refractivity contribution in [2.75, 3.05) is 18.5 Å². The number of para-hydroxylation sites is 1. The highest BCUT2D eigenvalue weighted by molar-refractivity contribution is 6.33. The summed E-state index contributed by atoms with van der Waals surface area (Å²) in [7, 11) is 1.63. The van der Waals surface area contributed by atoms with Gasteiger partial charge in [-0.25, -0.2) is 0 Å². The first-order valence-corrected chi connectivity index (χ1v) is 6.30. The molecule has 0 bridgehead atoms. The van der Waals surface area contributed by atoms with Crippen molar-refractivity contribution in [2.45, 2.75) is 18.9 Å². The summed E-state index contributed by atoms with van der Waals surface area (Å²) < 4.78 is 0. The second kappa shape index (κ2) is 5.44. The van der Waals surface area contributed by atoms with E-state index in [0.29, 0.717) is 5.69 Å². The van der Waals surface area contributed by atoms with Gasteiger partial charge in [-0.15, -0.1) is 0 Å². The molecule has 0 spiro atoms. The fourth-order valence-corrected chi connectivity index (χ4v) is 2.03. The van der Waals surface area contributed by atoms with Gasteiger partial charge in [-0.05, 0) is 25.0 Å². The van der Waals surface area contributed by atoms with Gasteiger partial charge in [-0.2, -0.15) is 0 Å². The van der Waals surface area contributed by atoms with Gasteiger partial charge in [0.15, 0.2) is 0 Å². The van der Waals surface area contributed by atoms with Crippen LogP contribution in [0, 0.1) is 10.1 Å². The number of carbonyl (C=O) groups is 1. The number of benzene rings is 1. The topological polar surface area (TPSA) is 75.5 Å². The number of nitrogens with zero attached hydrogens (tertiary/aromatic N) is 2. The zero-order valence-corrected chi connectivity index (χ0v) is 11.2. The molecule has 1 N–H and O–H groups in total. The second-order valence-corrected chi connectivity index (χ2v) is 4.97. The minimum Gasteiger partial charge on any atom is -0.360 e. The van der Waals surface area contributed by atoms with Gasteiger partial charge in [0, 0.05) is 13.1 Å². The van der Waals surface area contributed by atoms with Crippen LogP contribution in [0.5, 0.6) is 0 Å². The zero-order chi connectivity index (χ0) is 14.0. The minimum atomic E-state index is -0.535. The highest BCUT2D eigenvalue weighted by atomic mass is 35.5. The summed E-state index contributed by atoms with van der Waals surface area (Å²) in [6.45, 7) is 0.0671. The number of halogens is 1. The van der Waals surface area contributed by atoms with E-state index in [0.717, 1.165) is 12.8 Å². The van der Waals surface area contributed by atoms with E-state index < -0.39 is 4.92 Å². The van der Waals surface area contributed by atoms with Crippen LogP contribution >= 0.6 is 11.6 Å². The third kappa shape index (κ3) is 3.35. The Balaban J connectivity index is 2.13. The Bertz CT molecular complexity index is 517. The number of likely N-dealkylation sites (N-methyl/N-ethyl adjacent to an activating group) is 1. The number of hydrogen-bond acceptors (Lipinski definition) is 4. The molecule has 0 saturated heterocycles. The molecule has 1 aliphatic carbocycles. The predicted molar refractivity (Wildman–Crippen MR) is 72.5 cm³/mol. The first-order valence-electron chi connectivity index (χ1n) is 5.92. The Hall–Kier alpha value is -1.82. The van der Waals surface area contributed by atoms with Crippen molar-refractivity contribution in [1.82, 2.24) is 5.32 Å². The van der Waals surface area contributed by atoms with Gasteiger partial charge in [0.25, 0.3) is 0 Å². The molecule has 19 heavy (non-hydrogen) atoms. The van der Waals surface area contributed by atoms with E-state index >= 15 is 0 Å². The van der Waals surface area contributed by atoms with E-state index in [-0.39, 0.29) is 29.2 Å². The van der Waals surface area contributed by atoms with E-state index in [1.807, 2.05) is 0 Å². The lowest BCUT2D eigenvalue weighted by atomic mass is 10.2. The summed E-state index contributed by atoms with van der Waals surface area (Å²) in [6.07, 6.45) is 2.01. The highest BCUT2D eigenvalue weighted by Crippen LogP contribution is 2.34. The van der Waals surface area contributed by atoms with E-state index in [1.54, 1.807) is 19.2 Å². The number of nitro groups is 1. The molecule has 0 radical (unpaired) electrons. The van der Waals surface area contributed by atoms with Crippen LogP contribution in [-0.2, 0) is 4.79 Å². The number of rotatable bonds is 5. The molecule has 7 heteroatoms. The van der Waals surface area contributed by atoms with Crippen molar-refractivity contribution in [3.8, 4) is 0 Å². The number of nitrogens with one attached hydrogen (secondary N) is 1. The Morgan fingerprint density at radius 1 is 1.58 bits per heavy atom. The normalized spacial score (nSPS) is 14.0. The summed E-state index contributed by atoms with van der Waals surface area (Å²) in [5.74, 6) is -0.140. The number of carbonyl (C=O) groups excluding carboxylic acids is 1. The zero-order valence-electron chi connectivity index (χ0n) is 10.4. The molecule has 102 valence electrons. The van der Waals surface area contributed by atoms with Crippen LogP contribution in [0.25, 0.3) is 0 Å². The number of nitro benzene ring substituents is 1. The molecule has 1 aliphatic rings. The Kier molecular flexibility index (Phi) is 3.90. The summed E-state index contributed by atoms with van der Waals surface area (Å²) in [6, 6.07) is 4.94. The molecule has 1 aromatic rings. The van der Waals surface area contributed by atoms with Crippen molar-refractivity contribution in [1.29, 1.82) is 0 Å². The number of hydrogen-bond donors (Lipinski definition) is 1. The summed E-state index contributed by atoms with van der Waals surface area (Å²) >= 11 is 5.83.